The van der Waals surface area contributed by atoms with Gasteiger partial charge in [-0.25, -0.2) is 4.68 Å². The highest BCUT2D eigenvalue weighted by molar-refractivity contribution is 5.99. The Morgan fingerprint density at radius 1 is 1.15 bits per heavy atom. The Balaban J connectivity index is 1.70. The van der Waals surface area contributed by atoms with Crippen LogP contribution in [0.1, 0.15) is 36.4 Å². The molecule has 1 N–H and O–H groups in total. The number of hydrogen-bond acceptors (Lipinski definition) is 5. The zero-order valence-corrected chi connectivity index (χ0v) is 15.0. The quantitative estimate of drug-likeness (QED) is 0.757. The van der Waals surface area contributed by atoms with Gasteiger partial charge in [-0.2, -0.15) is 4.98 Å². The Hall–Kier alpha value is -3.28. The first-order valence-corrected chi connectivity index (χ1v) is 9.17. The maximum absolute atomic E-state index is 12.8. The van der Waals surface area contributed by atoms with E-state index in [1.54, 1.807) is 12.4 Å². The number of anilines is 1. The van der Waals surface area contributed by atoms with E-state index in [0.717, 1.165) is 40.8 Å². The zero-order chi connectivity index (χ0) is 18.4. The molecule has 5 rings (SSSR count). The predicted molar refractivity (Wildman–Crippen MR) is 102 cm³/mol. The number of carbonyl (C=O) groups excluding carboxylic acids is 1. The van der Waals surface area contributed by atoms with Gasteiger partial charge in [-0.3, -0.25) is 9.78 Å². The van der Waals surface area contributed by atoms with Crippen LogP contribution in [0.5, 0.6) is 0 Å². The first-order chi connectivity index (χ1) is 13.2. The molecule has 2 aromatic heterocycles. The number of nitrogens with zero attached hydrogens (tertiary/aromatic N) is 4. The summed E-state index contributed by atoms with van der Waals surface area (Å²) in [4.78, 5) is 21.6. The Kier molecular flexibility index (Phi) is 3.63. The summed E-state index contributed by atoms with van der Waals surface area (Å²) in [5.74, 6) is 1.51. The van der Waals surface area contributed by atoms with E-state index in [2.05, 4.69) is 35.4 Å². The molecule has 1 atom stereocenters. The van der Waals surface area contributed by atoms with E-state index in [0.29, 0.717) is 18.2 Å². The van der Waals surface area contributed by atoms with Crippen LogP contribution in [0.2, 0.25) is 0 Å². The molecule has 3 heterocycles. The summed E-state index contributed by atoms with van der Waals surface area (Å²) in [5, 5.41) is 8.13. The minimum absolute atomic E-state index is 0.196. The third-order valence-corrected chi connectivity index (χ3v) is 5.16. The number of fused-ring (bicyclic) bond motifs is 1. The van der Waals surface area contributed by atoms with Gasteiger partial charge in [0.15, 0.2) is 11.6 Å². The number of aromatic nitrogens is 4. The van der Waals surface area contributed by atoms with Crippen LogP contribution in [-0.4, -0.2) is 25.5 Å². The van der Waals surface area contributed by atoms with Crippen LogP contribution >= 0.6 is 0 Å². The molecule has 1 aromatic carbocycles. The van der Waals surface area contributed by atoms with Gasteiger partial charge in [-0.05, 0) is 37.5 Å². The summed E-state index contributed by atoms with van der Waals surface area (Å²) in [7, 11) is 0. The lowest BCUT2D eigenvalue weighted by atomic mass is 9.85. The molecule has 6 nitrogen and oxygen atoms in total. The first kappa shape index (κ1) is 15.9. The van der Waals surface area contributed by atoms with Crippen molar-refractivity contribution in [1.29, 1.82) is 0 Å². The lowest BCUT2D eigenvalue weighted by Crippen LogP contribution is -2.31. The van der Waals surface area contributed by atoms with E-state index in [1.165, 1.54) is 0 Å². The molecule has 134 valence electrons. The van der Waals surface area contributed by atoms with Crippen molar-refractivity contribution in [2.24, 2.45) is 0 Å². The van der Waals surface area contributed by atoms with Crippen LogP contribution in [0.3, 0.4) is 0 Å². The maximum atomic E-state index is 12.8. The van der Waals surface area contributed by atoms with E-state index < -0.39 is 0 Å². The second-order valence-corrected chi connectivity index (χ2v) is 7.05. The summed E-state index contributed by atoms with van der Waals surface area (Å²) in [6.07, 6.45) is 5.78. The number of aryl methyl sites for hydroxylation is 1. The van der Waals surface area contributed by atoms with Crippen LogP contribution in [-0.2, 0) is 4.79 Å². The molecule has 0 saturated heterocycles. The number of pyridine rings is 1. The minimum atomic E-state index is -0.243. The van der Waals surface area contributed by atoms with Crippen LogP contribution in [0, 0.1) is 6.92 Å². The molecule has 0 fully saturated rings. The second-order valence-electron chi connectivity index (χ2n) is 7.05. The summed E-state index contributed by atoms with van der Waals surface area (Å²) in [6.45, 7) is 2.06. The predicted octanol–water partition coefficient (Wildman–Crippen LogP) is 3.67. The molecule has 3 aromatic rings. The molecule has 0 bridgehead atoms. The van der Waals surface area contributed by atoms with E-state index in [1.807, 2.05) is 22.9 Å². The van der Waals surface area contributed by atoms with Crippen molar-refractivity contribution in [3.05, 3.63) is 71.2 Å². The third-order valence-electron chi connectivity index (χ3n) is 5.16. The molecule has 6 heteroatoms. The largest absolute Gasteiger partial charge is 0.328 e. The van der Waals surface area contributed by atoms with Crippen molar-refractivity contribution < 1.29 is 4.79 Å². The van der Waals surface area contributed by atoms with Crippen LogP contribution < -0.4 is 5.32 Å². The number of carbonyl (C=O) groups is 1. The second kappa shape index (κ2) is 6.16. The molecule has 0 spiro atoms. The van der Waals surface area contributed by atoms with Gasteiger partial charge >= 0.3 is 0 Å². The number of rotatable bonds is 2. The fraction of sp³-hybridized carbons (Fsp3) is 0.238. The van der Waals surface area contributed by atoms with Gasteiger partial charge in [0.1, 0.15) is 6.04 Å². The number of nitrogens with one attached hydrogen (secondary N) is 1. The summed E-state index contributed by atoms with van der Waals surface area (Å²) in [5.41, 5.74) is 4.93. The monoisotopic (exact) mass is 357 g/mol. The number of ketones is 1. The van der Waals surface area contributed by atoms with Crippen molar-refractivity contribution in [1.82, 2.24) is 19.7 Å². The Morgan fingerprint density at radius 3 is 2.81 bits per heavy atom. The lowest BCUT2D eigenvalue weighted by Gasteiger charge is -2.32. The normalized spacial score (nSPS) is 18.7. The summed E-state index contributed by atoms with van der Waals surface area (Å²) < 4.78 is 1.85. The lowest BCUT2D eigenvalue weighted by molar-refractivity contribution is -0.116. The smallest absolute Gasteiger partial charge is 0.226 e. The number of hydrogen-bond donors (Lipinski definition) is 1. The molecule has 0 saturated carbocycles. The van der Waals surface area contributed by atoms with Crippen LogP contribution in [0.15, 0.2) is 60.1 Å². The molecule has 2 aliphatic rings. The van der Waals surface area contributed by atoms with E-state index in [9.17, 15) is 4.79 Å². The number of allylic oxidation sites excluding steroid dienone is 2. The van der Waals surface area contributed by atoms with Crippen molar-refractivity contribution in [3.63, 3.8) is 0 Å². The molecule has 27 heavy (non-hydrogen) atoms. The molecular weight excluding hydrogens is 338 g/mol. The van der Waals surface area contributed by atoms with Crippen molar-refractivity contribution in [3.8, 4) is 11.4 Å². The summed E-state index contributed by atoms with van der Waals surface area (Å²) in [6, 6.07) is 11.8. The Labute approximate surface area is 157 Å². The average molecular weight is 357 g/mol. The Morgan fingerprint density at radius 2 is 2.00 bits per heavy atom. The van der Waals surface area contributed by atoms with Crippen LogP contribution in [0.25, 0.3) is 11.4 Å². The van der Waals surface area contributed by atoms with Gasteiger partial charge in [0.2, 0.25) is 5.95 Å². The number of Topliss-reactive ketones (excluding diaryl/α,β-unsaturated/α-hetero) is 1. The fourth-order valence-corrected chi connectivity index (χ4v) is 3.93. The van der Waals surface area contributed by atoms with Crippen molar-refractivity contribution in [2.45, 2.75) is 32.2 Å². The Bertz CT molecular complexity index is 1070. The van der Waals surface area contributed by atoms with Gasteiger partial charge in [0, 0.05) is 35.6 Å². The standard InChI is InChI=1S/C21H19N5O/c1-13-4-2-5-15(12-13)19-18-16(6-3-7-17(18)27)23-21-24-20(25-26(19)21)14-8-10-22-11-9-14/h2,4-5,8-12,19H,3,6-7H2,1H3,(H,23,24,25). The zero-order valence-electron chi connectivity index (χ0n) is 15.0. The average Bonchev–Trinajstić information content (AvgIpc) is 3.11. The maximum Gasteiger partial charge on any atom is 0.226 e. The van der Waals surface area contributed by atoms with Crippen molar-refractivity contribution >= 4 is 11.7 Å². The minimum Gasteiger partial charge on any atom is -0.328 e. The highest BCUT2D eigenvalue weighted by Crippen LogP contribution is 2.40. The fourth-order valence-electron chi connectivity index (χ4n) is 3.93. The molecular formula is C21H19N5O. The molecule has 0 amide bonds. The highest BCUT2D eigenvalue weighted by atomic mass is 16.1. The van der Waals surface area contributed by atoms with Gasteiger partial charge in [0.05, 0.1) is 0 Å². The van der Waals surface area contributed by atoms with Gasteiger partial charge in [-0.1, -0.05) is 29.8 Å². The first-order valence-electron chi connectivity index (χ1n) is 9.17. The molecule has 1 aliphatic carbocycles. The van der Waals surface area contributed by atoms with Gasteiger partial charge in [-0.15, -0.1) is 5.10 Å². The molecule has 1 unspecified atom stereocenters. The van der Waals surface area contributed by atoms with E-state index in [-0.39, 0.29) is 11.8 Å². The van der Waals surface area contributed by atoms with Gasteiger partial charge in [0.25, 0.3) is 0 Å². The molecule has 1 aliphatic heterocycles. The summed E-state index contributed by atoms with van der Waals surface area (Å²) >= 11 is 0. The number of benzene rings is 1. The topological polar surface area (TPSA) is 72.7 Å². The van der Waals surface area contributed by atoms with Gasteiger partial charge < -0.3 is 5.32 Å². The third kappa shape index (κ3) is 2.65. The van der Waals surface area contributed by atoms with Crippen LogP contribution in [0.4, 0.5) is 5.95 Å². The SMILES string of the molecule is Cc1cccc(C2C3=C(CCCC3=O)Nc3nc(-c4ccncc4)nn32)c1. The highest BCUT2D eigenvalue weighted by Gasteiger charge is 2.36. The molecule has 0 radical (unpaired) electrons. The van der Waals surface area contributed by atoms with E-state index in [4.69, 9.17) is 10.1 Å². The van der Waals surface area contributed by atoms with Crippen molar-refractivity contribution in [2.75, 3.05) is 5.32 Å². The van der Waals surface area contributed by atoms with E-state index >= 15 is 0 Å².